The van der Waals surface area contributed by atoms with E-state index in [1.54, 1.807) is 18.4 Å². The Balaban J connectivity index is 0.000000815. The summed E-state index contributed by atoms with van der Waals surface area (Å²) >= 11 is 1.71. The van der Waals surface area contributed by atoms with Crippen LogP contribution in [-0.4, -0.2) is 17.1 Å². The van der Waals surface area contributed by atoms with Crippen LogP contribution in [0.15, 0.2) is 59.6 Å². The lowest BCUT2D eigenvalue weighted by atomic mass is 9.99. The zero-order chi connectivity index (χ0) is 16.9. The largest absolute Gasteiger partial charge is 0.497 e. The molecule has 0 unspecified atom stereocenters. The van der Waals surface area contributed by atoms with E-state index in [0.717, 1.165) is 27.9 Å². The molecule has 4 aromatic rings. The van der Waals surface area contributed by atoms with Gasteiger partial charge in [-0.1, -0.05) is 26.0 Å². The molecule has 122 valence electrons. The van der Waals surface area contributed by atoms with Crippen molar-refractivity contribution in [2.24, 2.45) is 0 Å². The summed E-state index contributed by atoms with van der Waals surface area (Å²) in [6.07, 6.45) is 3.87. The summed E-state index contributed by atoms with van der Waals surface area (Å²) in [4.78, 5) is 7.73. The third-order valence-corrected chi connectivity index (χ3v) is 4.49. The van der Waals surface area contributed by atoms with Gasteiger partial charge >= 0.3 is 0 Å². The van der Waals surface area contributed by atoms with Crippen LogP contribution in [0.3, 0.4) is 0 Å². The number of hydrogen-bond acceptors (Lipinski definition) is 3. The molecule has 0 aliphatic rings. The number of methoxy groups -OCH3 is 1. The van der Waals surface area contributed by atoms with Crippen molar-refractivity contribution in [1.82, 2.24) is 9.97 Å². The average Bonchev–Trinajstić information content (AvgIpc) is 3.33. The molecule has 0 saturated heterocycles. The van der Waals surface area contributed by atoms with Crippen molar-refractivity contribution in [3.63, 3.8) is 0 Å². The lowest BCUT2D eigenvalue weighted by molar-refractivity contribution is 0.415. The first-order chi connectivity index (χ1) is 11.9. The highest BCUT2D eigenvalue weighted by atomic mass is 32.1. The van der Waals surface area contributed by atoms with Gasteiger partial charge in [0, 0.05) is 23.3 Å². The van der Waals surface area contributed by atoms with E-state index in [-0.39, 0.29) is 0 Å². The molecule has 0 saturated carbocycles. The topological polar surface area (TPSA) is 37.9 Å². The van der Waals surface area contributed by atoms with Crippen molar-refractivity contribution in [3.8, 4) is 28.0 Å². The van der Waals surface area contributed by atoms with Crippen LogP contribution in [0.2, 0.25) is 0 Å². The fourth-order valence-electron chi connectivity index (χ4n) is 2.71. The highest BCUT2D eigenvalue weighted by molar-refractivity contribution is 7.08. The van der Waals surface area contributed by atoms with Gasteiger partial charge in [0.2, 0.25) is 0 Å². The fourth-order valence-corrected chi connectivity index (χ4v) is 3.37. The molecule has 3 heterocycles. The summed E-state index contributed by atoms with van der Waals surface area (Å²) in [5, 5.41) is 5.42. The first-order valence-corrected chi connectivity index (χ1v) is 8.94. The SMILES string of the molecule is CC.COc1ccc(-c2c[nH]c3nccc(-c4ccsc4)c23)cc1. The van der Waals surface area contributed by atoms with Crippen molar-refractivity contribution in [2.75, 3.05) is 7.11 Å². The Labute approximate surface area is 146 Å². The monoisotopic (exact) mass is 336 g/mol. The van der Waals surface area contributed by atoms with Crippen LogP contribution in [0.5, 0.6) is 5.75 Å². The number of rotatable bonds is 3. The maximum atomic E-state index is 5.24. The van der Waals surface area contributed by atoms with Gasteiger partial charge in [-0.05, 0) is 51.7 Å². The van der Waals surface area contributed by atoms with E-state index in [1.807, 2.05) is 38.4 Å². The highest BCUT2D eigenvalue weighted by Crippen LogP contribution is 2.36. The quantitative estimate of drug-likeness (QED) is 0.499. The summed E-state index contributed by atoms with van der Waals surface area (Å²) in [7, 11) is 1.68. The van der Waals surface area contributed by atoms with Crippen molar-refractivity contribution >= 4 is 22.4 Å². The number of nitrogens with one attached hydrogen (secondary N) is 1. The van der Waals surface area contributed by atoms with E-state index in [0.29, 0.717) is 0 Å². The number of aromatic nitrogens is 2. The molecule has 0 fully saturated rings. The molecule has 3 nitrogen and oxygen atoms in total. The van der Waals surface area contributed by atoms with Crippen LogP contribution in [0, 0.1) is 0 Å². The van der Waals surface area contributed by atoms with E-state index >= 15 is 0 Å². The van der Waals surface area contributed by atoms with Crippen LogP contribution in [0.25, 0.3) is 33.3 Å². The first kappa shape index (κ1) is 16.3. The predicted octanol–water partition coefficient (Wildman–Crippen LogP) is 5.99. The van der Waals surface area contributed by atoms with Crippen LogP contribution >= 0.6 is 11.3 Å². The molecule has 3 aromatic heterocycles. The van der Waals surface area contributed by atoms with Crippen LogP contribution in [0.1, 0.15) is 13.8 Å². The number of fused-ring (bicyclic) bond motifs is 1. The van der Waals surface area contributed by atoms with Crippen LogP contribution in [0.4, 0.5) is 0 Å². The van der Waals surface area contributed by atoms with Crippen molar-refractivity contribution in [2.45, 2.75) is 13.8 Å². The van der Waals surface area contributed by atoms with Gasteiger partial charge in [-0.2, -0.15) is 11.3 Å². The number of benzene rings is 1. The Morgan fingerprint density at radius 1 is 0.958 bits per heavy atom. The summed E-state index contributed by atoms with van der Waals surface area (Å²) in [5.74, 6) is 0.861. The maximum Gasteiger partial charge on any atom is 0.138 e. The lowest BCUT2D eigenvalue weighted by Crippen LogP contribution is -1.84. The maximum absolute atomic E-state index is 5.24. The van der Waals surface area contributed by atoms with Crippen molar-refractivity contribution in [1.29, 1.82) is 0 Å². The van der Waals surface area contributed by atoms with E-state index in [2.05, 4.69) is 45.0 Å². The number of H-pyrrole nitrogens is 1. The van der Waals surface area contributed by atoms with E-state index < -0.39 is 0 Å². The van der Waals surface area contributed by atoms with E-state index in [9.17, 15) is 0 Å². The number of pyridine rings is 1. The molecule has 4 rings (SSSR count). The number of thiophene rings is 1. The van der Waals surface area contributed by atoms with Gasteiger partial charge in [0.15, 0.2) is 0 Å². The van der Waals surface area contributed by atoms with E-state index in [4.69, 9.17) is 4.74 Å². The Hall–Kier alpha value is -2.59. The molecule has 0 atom stereocenters. The number of nitrogens with zero attached hydrogens (tertiary/aromatic N) is 1. The molecule has 0 bridgehead atoms. The fraction of sp³-hybridized carbons (Fsp3) is 0.150. The molecule has 0 aliphatic carbocycles. The molecular weight excluding hydrogens is 316 g/mol. The Kier molecular flexibility index (Phi) is 4.96. The second-order valence-corrected chi connectivity index (χ2v) is 5.81. The summed E-state index contributed by atoms with van der Waals surface area (Å²) in [5.41, 5.74) is 5.66. The minimum absolute atomic E-state index is 0.861. The van der Waals surface area contributed by atoms with E-state index in [1.165, 1.54) is 11.1 Å². The Bertz CT molecular complexity index is 909. The molecule has 0 amide bonds. The zero-order valence-electron chi connectivity index (χ0n) is 14.0. The molecule has 4 heteroatoms. The number of ether oxygens (including phenoxy) is 1. The van der Waals surface area contributed by atoms with Crippen molar-refractivity contribution < 1.29 is 4.74 Å². The average molecular weight is 336 g/mol. The smallest absolute Gasteiger partial charge is 0.138 e. The Morgan fingerprint density at radius 2 is 1.75 bits per heavy atom. The summed E-state index contributed by atoms with van der Waals surface area (Å²) in [6, 6.07) is 12.3. The van der Waals surface area contributed by atoms with Crippen molar-refractivity contribution in [3.05, 3.63) is 59.6 Å². The van der Waals surface area contributed by atoms with Gasteiger partial charge < -0.3 is 9.72 Å². The molecule has 24 heavy (non-hydrogen) atoms. The molecule has 1 N–H and O–H groups in total. The molecular formula is C20H20N2OS. The minimum atomic E-state index is 0.861. The Morgan fingerprint density at radius 3 is 2.42 bits per heavy atom. The first-order valence-electron chi connectivity index (χ1n) is 8.00. The van der Waals surface area contributed by atoms with Gasteiger partial charge in [-0.3, -0.25) is 0 Å². The van der Waals surface area contributed by atoms with Crippen LogP contribution in [-0.2, 0) is 0 Å². The third kappa shape index (κ3) is 2.93. The van der Waals surface area contributed by atoms with Gasteiger partial charge in [0.1, 0.15) is 11.4 Å². The lowest BCUT2D eigenvalue weighted by Gasteiger charge is -2.06. The third-order valence-electron chi connectivity index (χ3n) is 3.81. The second kappa shape index (κ2) is 7.32. The highest BCUT2D eigenvalue weighted by Gasteiger charge is 2.13. The normalized spacial score (nSPS) is 10.3. The predicted molar refractivity (Wildman–Crippen MR) is 103 cm³/mol. The minimum Gasteiger partial charge on any atom is -0.497 e. The number of aromatic amines is 1. The zero-order valence-corrected chi connectivity index (χ0v) is 14.9. The van der Waals surface area contributed by atoms with Gasteiger partial charge in [0.25, 0.3) is 0 Å². The molecule has 0 aliphatic heterocycles. The molecule has 0 radical (unpaired) electrons. The van der Waals surface area contributed by atoms with Crippen LogP contribution < -0.4 is 4.74 Å². The number of hydrogen-bond donors (Lipinski definition) is 1. The summed E-state index contributed by atoms with van der Waals surface area (Å²) in [6.45, 7) is 4.00. The van der Waals surface area contributed by atoms with Gasteiger partial charge in [-0.15, -0.1) is 0 Å². The summed E-state index contributed by atoms with van der Waals surface area (Å²) < 4.78 is 5.24. The second-order valence-electron chi connectivity index (χ2n) is 5.02. The standard InChI is InChI=1S/C18H14N2OS.C2H6/c1-21-14-4-2-12(3-5-14)16-10-20-18-17(16)15(6-8-19-18)13-7-9-22-11-13;1-2/h2-11H,1H3,(H,19,20);1-2H3. The van der Waals surface area contributed by atoms with Gasteiger partial charge in [0.05, 0.1) is 7.11 Å². The van der Waals surface area contributed by atoms with Gasteiger partial charge in [-0.25, -0.2) is 4.98 Å². The molecule has 0 spiro atoms. The molecule has 1 aromatic carbocycles.